The van der Waals surface area contributed by atoms with Crippen LogP contribution in [0.25, 0.3) is 0 Å². The molecular formula is C67H121NO8. The van der Waals surface area contributed by atoms with E-state index in [1.807, 2.05) is 6.08 Å². The van der Waals surface area contributed by atoms with Crippen LogP contribution in [-0.4, -0.2) is 87.5 Å². The molecule has 0 aliphatic carbocycles. The third-order valence-electron chi connectivity index (χ3n) is 15.0. The van der Waals surface area contributed by atoms with Crippen LogP contribution in [-0.2, 0) is 14.3 Å². The fourth-order valence-corrected chi connectivity index (χ4v) is 10.0. The van der Waals surface area contributed by atoms with Crippen LogP contribution in [0, 0.1) is 0 Å². The molecule has 9 heteroatoms. The average molecular weight is 1070 g/mol. The minimum atomic E-state index is -1.57. The number of nitrogens with one attached hydrogen (secondary N) is 1. The summed E-state index contributed by atoms with van der Waals surface area (Å²) in [6.07, 6.45) is 71.2. The van der Waals surface area contributed by atoms with Crippen molar-refractivity contribution in [3.05, 3.63) is 72.9 Å². The zero-order valence-electron chi connectivity index (χ0n) is 49.3. The number of allylic oxidation sites excluding steroid dienone is 11. The largest absolute Gasteiger partial charge is 0.394 e. The summed E-state index contributed by atoms with van der Waals surface area (Å²) in [5.74, 6) is -0.177. The lowest BCUT2D eigenvalue weighted by molar-refractivity contribution is -0.302. The first-order chi connectivity index (χ1) is 37.3. The maximum Gasteiger partial charge on any atom is 0.220 e. The molecule has 0 aromatic carbocycles. The molecule has 1 aliphatic heterocycles. The van der Waals surface area contributed by atoms with Crippen molar-refractivity contribution >= 4 is 5.91 Å². The van der Waals surface area contributed by atoms with E-state index in [-0.39, 0.29) is 12.5 Å². The van der Waals surface area contributed by atoms with Crippen molar-refractivity contribution in [2.45, 2.75) is 333 Å². The van der Waals surface area contributed by atoms with Gasteiger partial charge in [0.15, 0.2) is 6.29 Å². The summed E-state index contributed by atoms with van der Waals surface area (Å²) < 4.78 is 11.3. The lowest BCUT2D eigenvalue weighted by Crippen LogP contribution is -2.60. The molecule has 1 heterocycles. The van der Waals surface area contributed by atoms with Crippen molar-refractivity contribution in [1.29, 1.82) is 0 Å². The number of hydrogen-bond donors (Lipinski definition) is 6. The van der Waals surface area contributed by atoms with Crippen LogP contribution < -0.4 is 5.32 Å². The number of hydrogen-bond acceptors (Lipinski definition) is 8. The molecule has 1 saturated heterocycles. The molecule has 76 heavy (non-hydrogen) atoms. The number of amides is 1. The number of ether oxygens (including phenoxy) is 2. The highest BCUT2D eigenvalue weighted by atomic mass is 16.7. The van der Waals surface area contributed by atoms with Gasteiger partial charge in [0.25, 0.3) is 0 Å². The second-order valence-electron chi connectivity index (χ2n) is 22.2. The van der Waals surface area contributed by atoms with Crippen LogP contribution in [0.2, 0.25) is 0 Å². The SMILES string of the molecule is CC/C=C\C/C=C\C/C=C\C/C=C\C/C=C\CCCCCCCCCCCCCCCC(=O)NC(COC1OC(CO)C(O)C(O)C1O)C(O)/C=C/CCCCCCCCCCCCCCCCCCCCCCCC. The maximum absolute atomic E-state index is 13.1. The van der Waals surface area contributed by atoms with Crippen molar-refractivity contribution in [2.24, 2.45) is 0 Å². The molecule has 1 fully saturated rings. The van der Waals surface area contributed by atoms with E-state index in [1.54, 1.807) is 6.08 Å². The number of unbranched alkanes of at least 4 members (excludes halogenated alkanes) is 35. The molecule has 442 valence electrons. The van der Waals surface area contributed by atoms with E-state index in [9.17, 15) is 30.3 Å². The Morgan fingerprint density at radius 1 is 0.461 bits per heavy atom. The van der Waals surface area contributed by atoms with Crippen molar-refractivity contribution < 1.29 is 39.8 Å². The smallest absolute Gasteiger partial charge is 0.220 e. The van der Waals surface area contributed by atoms with E-state index in [1.165, 1.54) is 199 Å². The number of carbonyl (C=O) groups excluding carboxylic acids is 1. The molecule has 0 aromatic rings. The van der Waals surface area contributed by atoms with Crippen LogP contribution in [0.1, 0.15) is 290 Å². The molecule has 1 amide bonds. The number of carbonyl (C=O) groups is 1. The Balaban J connectivity index is 2.18. The Hall–Kier alpha value is -2.37. The van der Waals surface area contributed by atoms with Gasteiger partial charge in [-0.05, 0) is 64.2 Å². The lowest BCUT2D eigenvalue weighted by Gasteiger charge is -2.40. The number of aliphatic hydroxyl groups is 5. The third-order valence-corrected chi connectivity index (χ3v) is 15.0. The minimum absolute atomic E-state index is 0.177. The monoisotopic (exact) mass is 1070 g/mol. The molecule has 0 aromatic heterocycles. The van der Waals surface area contributed by atoms with Gasteiger partial charge < -0.3 is 40.3 Å². The van der Waals surface area contributed by atoms with E-state index in [0.29, 0.717) is 6.42 Å². The number of aliphatic hydroxyl groups excluding tert-OH is 5. The van der Waals surface area contributed by atoms with Gasteiger partial charge in [0.1, 0.15) is 24.4 Å². The molecule has 7 atom stereocenters. The van der Waals surface area contributed by atoms with Crippen LogP contribution >= 0.6 is 0 Å². The first-order valence-electron chi connectivity index (χ1n) is 32.2. The van der Waals surface area contributed by atoms with E-state index in [4.69, 9.17) is 9.47 Å². The lowest BCUT2D eigenvalue weighted by atomic mass is 9.99. The predicted molar refractivity (Wildman–Crippen MR) is 322 cm³/mol. The van der Waals surface area contributed by atoms with E-state index in [0.717, 1.165) is 70.6 Å². The van der Waals surface area contributed by atoms with Crippen LogP contribution in [0.3, 0.4) is 0 Å². The van der Waals surface area contributed by atoms with Gasteiger partial charge in [0.05, 0.1) is 25.4 Å². The molecular weight excluding hydrogens is 947 g/mol. The molecule has 1 rings (SSSR count). The Bertz CT molecular complexity index is 1420. The molecule has 6 N–H and O–H groups in total. The number of rotatable bonds is 55. The van der Waals surface area contributed by atoms with Gasteiger partial charge in [0.2, 0.25) is 5.91 Å². The first-order valence-corrected chi connectivity index (χ1v) is 32.2. The van der Waals surface area contributed by atoms with Crippen molar-refractivity contribution in [2.75, 3.05) is 13.2 Å². The summed E-state index contributed by atoms with van der Waals surface area (Å²) in [7, 11) is 0. The summed E-state index contributed by atoms with van der Waals surface area (Å²) in [6.45, 7) is 3.70. The minimum Gasteiger partial charge on any atom is -0.394 e. The maximum atomic E-state index is 13.1. The average Bonchev–Trinajstić information content (AvgIpc) is 3.42. The van der Waals surface area contributed by atoms with Gasteiger partial charge in [-0.1, -0.05) is 292 Å². The van der Waals surface area contributed by atoms with Crippen LogP contribution in [0.4, 0.5) is 0 Å². The van der Waals surface area contributed by atoms with Crippen molar-refractivity contribution in [3.63, 3.8) is 0 Å². The fourth-order valence-electron chi connectivity index (χ4n) is 10.0. The van der Waals surface area contributed by atoms with E-state index >= 15 is 0 Å². The van der Waals surface area contributed by atoms with Crippen molar-refractivity contribution in [1.82, 2.24) is 5.32 Å². The second-order valence-corrected chi connectivity index (χ2v) is 22.2. The molecule has 7 unspecified atom stereocenters. The fraction of sp³-hybridized carbons (Fsp3) is 0.806. The van der Waals surface area contributed by atoms with Gasteiger partial charge in [-0.3, -0.25) is 4.79 Å². The van der Waals surface area contributed by atoms with E-state index in [2.05, 4.69) is 79.9 Å². The summed E-state index contributed by atoms with van der Waals surface area (Å²) in [5.41, 5.74) is 0. The Morgan fingerprint density at radius 2 is 0.816 bits per heavy atom. The molecule has 0 radical (unpaired) electrons. The predicted octanol–water partition coefficient (Wildman–Crippen LogP) is 16.8. The quantitative estimate of drug-likeness (QED) is 0.0261. The summed E-state index contributed by atoms with van der Waals surface area (Å²) in [6, 6.07) is -0.810. The highest BCUT2D eigenvalue weighted by Gasteiger charge is 2.44. The molecule has 0 saturated carbocycles. The van der Waals surface area contributed by atoms with Crippen molar-refractivity contribution in [3.8, 4) is 0 Å². The topological polar surface area (TPSA) is 149 Å². The summed E-state index contributed by atoms with van der Waals surface area (Å²) in [4.78, 5) is 13.1. The second kappa shape index (κ2) is 55.9. The third kappa shape index (κ3) is 44.5. The Morgan fingerprint density at radius 3 is 1.21 bits per heavy atom. The Labute approximate surface area is 468 Å². The van der Waals surface area contributed by atoms with Crippen LogP contribution in [0.5, 0.6) is 0 Å². The normalized spacial score (nSPS) is 19.3. The van der Waals surface area contributed by atoms with Gasteiger partial charge in [-0.2, -0.15) is 0 Å². The van der Waals surface area contributed by atoms with Gasteiger partial charge in [0, 0.05) is 6.42 Å². The van der Waals surface area contributed by atoms with E-state index < -0.39 is 49.5 Å². The zero-order valence-corrected chi connectivity index (χ0v) is 49.3. The standard InChI is InChI=1S/C67H121NO8/c1-3-5-7-9-11-13-15-17-19-21-23-25-27-29-30-31-32-33-35-37-39-41-43-45-47-49-51-53-55-57-63(71)68-60(59-75-67-66(74)65(73)64(72)62(58-69)76-67)61(70)56-54-52-50-48-46-44-42-40-38-36-34-28-26-24-22-20-18-16-14-12-10-8-6-4-2/h5,7,11,13,17,19,23,25,29-30,54,56,60-62,64-67,69-70,72-74H,3-4,6,8-10,12,14-16,18,20-22,24,26-28,31-53,55,57-59H2,1-2H3,(H,68,71)/b7-5-,13-11-,19-17-,25-23-,30-29-,56-54+. The Kier molecular flexibility index (Phi) is 52.7. The zero-order chi connectivity index (χ0) is 55.0. The van der Waals surface area contributed by atoms with Crippen LogP contribution in [0.15, 0.2) is 72.9 Å². The van der Waals surface area contributed by atoms with Gasteiger partial charge in [-0.25, -0.2) is 0 Å². The molecule has 9 nitrogen and oxygen atoms in total. The molecule has 0 spiro atoms. The highest BCUT2D eigenvalue weighted by Crippen LogP contribution is 2.23. The van der Waals surface area contributed by atoms with Gasteiger partial charge >= 0.3 is 0 Å². The first kappa shape index (κ1) is 71.6. The molecule has 1 aliphatic rings. The summed E-state index contributed by atoms with van der Waals surface area (Å²) >= 11 is 0. The van der Waals surface area contributed by atoms with Gasteiger partial charge in [-0.15, -0.1) is 0 Å². The summed E-state index contributed by atoms with van der Waals surface area (Å²) in [5, 5.41) is 54.7. The highest BCUT2D eigenvalue weighted by molar-refractivity contribution is 5.76. The molecule has 0 bridgehead atoms.